The highest BCUT2D eigenvalue weighted by Gasteiger charge is 2.06. The van der Waals surface area contributed by atoms with Crippen molar-refractivity contribution in [3.63, 3.8) is 0 Å². The highest BCUT2D eigenvalue weighted by molar-refractivity contribution is 7.99. The van der Waals surface area contributed by atoms with Gasteiger partial charge in [-0.05, 0) is 48.9 Å². The molecule has 0 bridgehead atoms. The van der Waals surface area contributed by atoms with Gasteiger partial charge >= 0.3 is 0 Å². The van der Waals surface area contributed by atoms with Crippen molar-refractivity contribution in [2.75, 3.05) is 0 Å². The topological polar surface area (TPSA) is 26.0 Å². The van der Waals surface area contributed by atoms with Crippen molar-refractivity contribution in [1.29, 1.82) is 0 Å². The third kappa shape index (κ3) is 3.42. The summed E-state index contributed by atoms with van der Waals surface area (Å²) in [4.78, 5) is 2.12. The van der Waals surface area contributed by atoms with Crippen LogP contribution in [0.15, 0.2) is 52.3 Å². The summed E-state index contributed by atoms with van der Waals surface area (Å²) in [5.41, 5.74) is 6.86. The molecule has 0 aromatic heterocycles. The smallest absolute Gasteiger partial charge is 0.0548 e. The van der Waals surface area contributed by atoms with Gasteiger partial charge < -0.3 is 5.73 Å². The fourth-order valence-corrected chi connectivity index (χ4v) is 2.76. The van der Waals surface area contributed by atoms with Gasteiger partial charge in [-0.2, -0.15) is 0 Å². The van der Waals surface area contributed by atoms with Gasteiger partial charge in [-0.25, -0.2) is 0 Å². The lowest BCUT2D eigenvalue weighted by Gasteiger charge is -2.09. The highest BCUT2D eigenvalue weighted by Crippen LogP contribution is 2.34. The van der Waals surface area contributed by atoms with E-state index in [4.69, 9.17) is 28.9 Å². The van der Waals surface area contributed by atoms with Crippen molar-refractivity contribution in [2.45, 2.75) is 22.8 Å². The van der Waals surface area contributed by atoms with Crippen molar-refractivity contribution in [1.82, 2.24) is 0 Å². The van der Waals surface area contributed by atoms with Gasteiger partial charge in [-0.3, -0.25) is 0 Å². The molecule has 2 rings (SSSR count). The van der Waals surface area contributed by atoms with E-state index in [0.717, 1.165) is 25.4 Å². The Balaban J connectivity index is 2.22. The Bertz CT molecular complexity index is 538. The molecule has 0 heterocycles. The standard InChI is InChI=1S/C14H13Cl2NS/c1-9(17)10-2-7-14(13(16)8-10)18-12-5-3-11(15)4-6-12/h2-9H,17H2,1H3/t9-/m1/s1. The van der Waals surface area contributed by atoms with Crippen molar-refractivity contribution < 1.29 is 0 Å². The summed E-state index contributed by atoms with van der Waals surface area (Å²) in [5.74, 6) is 0. The van der Waals surface area contributed by atoms with E-state index in [9.17, 15) is 0 Å². The summed E-state index contributed by atoms with van der Waals surface area (Å²) in [5, 5.41) is 1.46. The van der Waals surface area contributed by atoms with Gasteiger partial charge in [-0.1, -0.05) is 41.0 Å². The first kappa shape index (κ1) is 13.8. The second-order valence-electron chi connectivity index (χ2n) is 4.03. The molecule has 0 unspecified atom stereocenters. The van der Waals surface area contributed by atoms with Crippen LogP contribution in [0.25, 0.3) is 0 Å². The first-order valence-electron chi connectivity index (χ1n) is 5.54. The molecule has 0 amide bonds. The predicted octanol–water partition coefficient (Wildman–Crippen LogP) is 5.16. The fraction of sp³-hybridized carbons (Fsp3) is 0.143. The molecule has 4 heteroatoms. The van der Waals surface area contributed by atoms with Gasteiger partial charge in [0.25, 0.3) is 0 Å². The molecule has 2 N–H and O–H groups in total. The molecule has 18 heavy (non-hydrogen) atoms. The lowest BCUT2D eigenvalue weighted by atomic mass is 10.1. The molecule has 2 aromatic carbocycles. The molecule has 0 radical (unpaired) electrons. The van der Waals surface area contributed by atoms with Crippen LogP contribution < -0.4 is 5.73 Å². The number of halogens is 2. The Morgan fingerprint density at radius 2 is 1.72 bits per heavy atom. The van der Waals surface area contributed by atoms with Crippen LogP contribution in [0.4, 0.5) is 0 Å². The van der Waals surface area contributed by atoms with Gasteiger partial charge in [-0.15, -0.1) is 0 Å². The minimum atomic E-state index is -0.00270. The van der Waals surface area contributed by atoms with Crippen molar-refractivity contribution in [2.24, 2.45) is 5.73 Å². The van der Waals surface area contributed by atoms with Gasteiger partial charge in [0, 0.05) is 20.9 Å². The van der Waals surface area contributed by atoms with E-state index in [0.29, 0.717) is 0 Å². The SMILES string of the molecule is C[C@@H](N)c1ccc(Sc2ccc(Cl)cc2)c(Cl)c1. The zero-order valence-electron chi connectivity index (χ0n) is 9.86. The lowest BCUT2D eigenvalue weighted by Crippen LogP contribution is -2.04. The van der Waals surface area contributed by atoms with E-state index < -0.39 is 0 Å². The molecule has 0 spiro atoms. The highest BCUT2D eigenvalue weighted by atomic mass is 35.5. The van der Waals surface area contributed by atoms with Crippen molar-refractivity contribution in [3.8, 4) is 0 Å². The normalized spacial score (nSPS) is 12.4. The number of benzene rings is 2. The van der Waals surface area contributed by atoms with E-state index in [1.807, 2.05) is 49.4 Å². The van der Waals surface area contributed by atoms with E-state index in [-0.39, 0.29) is 6.04 Å². The zero-order valence-corrected chi connectivity index (χ0v) is 12.2. The van der Waals surface area contributed by atoms with E-state index in [1.165, 1.54) is 0 Å². The van der Waals surface area contributed by atoms with Crippen molar-refractivity contribution >= 4 is 35.0 Å². The molecule has 94 valence electrons. The van der Waals surface area contributed by atoms with Crippen molar-refractivity contribution in [3.05, 3.63) is 58.1 Å². The van der Waals surface area contributed by atoms with Crippen LogP contribution in [0.1, 0.15) is 18.5 Å². The second-order valence-corrected chi connectivity index (χ2v) is 5.99. The number of nitrogens with two attached hydrogens (primary N) is 1. The van der Waals surface area contributed by atoms with Crippen LogP contribution in [0, 0.1) is 0 Å². The summed E-state index contributed by atoms with van der Waals surface area (Å²) in [6.45, 7) is 1.94. The summed E-state index contributed by atoms with van der Waals surface area (Å²) in [7, 11) is 0. The van der Waals surface area contributed by atoms with Crippen LogP contribution in [-0.2, 0) is 0 Å². The molecule has 0 fully saturated rings. The summed E-state index contributed by atoms with van der Waals surface area (Å²) >= 11 is 13.7. The molecule has 0 aliphatic carbocycles. The molecule has 1 nitrogen and oxygen atoms in total. The molecule has 0 saturated carbocycles. The summed E-state index contributed by atoms with van der Waals surface area (Å²) in [6, 6.07) is 13.6. The Labute approximate surface area is 121 Å². The first-order chi connectivity index (χ1) is 8.56. The largest absolute Gasteiger partial charge is 0.324 e. The van der Waals surface area contributed by atoms with Gasteiger partial charge in [0.15, 0.2) is 0 Å². The maximum Gasteiger partial charge on any atom is 0.0548 e. The van der Waals surface area contributed by atoms with Gasteiger partial charge in [0.05, 0.1) is 5.02 Å². The predicted molar refractivity (Wildman–Crippen MR) is 79.6 cm³/mol. The zero-order chi connectivity index (χ0) is 13.1. The molecular weight excluding hydrogens is 285 g/mol. The first-order valence-corrected chi connectivity index (χ1v) is 7.12. The second kappa shape index (κ2) is 5.98. The maximum atomic E-state index is 6.25. The lowest BCUT2D eigenvalue weighted by molar-refractivity contribution is 0.817. The van der Waals surface area contributed by atoms with E-state index in [1.54, 1.807) is 11.8 Å². The molecule has 0 aliphatic rings. The number of hydrogen-bond donors (Lipinski definition) is 1. The quantitative estimate of drug-likeness (QED) is 0.846. The average molecular weight is 298 g/mol. The third-order valence-corrected chi connectivity index (χ3v) is 4.28. The van der Waals surface area contributed by atoms with Crippen LogP contribution in [0.2, 0.25) is 10.0 Å². The van der Waals surface area contributed by atoms with Crippen LogP contribution >= 0.6 is 35.0 Å². The Hall–Kier alpha value is -0.670. The minimum Gasteiger partial charge on any atom is -0.324 e. The van der Waals surface area contributed by atoms with E-state index in [2.05, 4.69) is 0 Å². The molecular formula is C14H13Cl2NS. The van der Waals surface area contributed by atoms with E-state index >= 15 is 0 Å². The van der Waals surface area contributed by atoms with Gasteiger partial charge in [0.2, 0.25) is 0 Å². The van der Waals surface area contributed by atoms with Crippen LogP contribution in [0.5, 0.6) is 0 Å². The Kier molecular flexibility index (Phi) is 4.57. The average Bonchev–Trinajstić information content (AvgIpc) is 2.34. The Morgan fingerprint density at radius 3 is 2.28 bits per heavy atom. The molecule has 0 saturated heterocycles. The van der Waals surface area contributed by atoms with Crippen LogP contribution in [0.3, 0.4) is 0 Å². The van der Waals surface area contributed by atoms with Gasteiger partial charge in [0.1, 0.15) is 0 Å². The number of rotatable bonds is 3. The van der Waals surface area contributed by atoms with Crippen LogP contribution in [-0.4, -0.2) is 0 Å². The Morgan fingerprint density at radius 1 is 1.06 bits per heavy atom. The number of hydrogen-bond acceptors (Lipinski definition) is 2. The minimum absolute atomic E-state index is 0.00270. The third-order valence-electron chi connectivity index (χ3n) is 2.52. The summed E-state index contributed by atoms with van der Waals surface area (Å²) in [6.07, 6.45) is 0. The monoisotopic (exact) mass is 297 g/mol. The maximum absolute atomic E-state index is 6.25. The molecule has 0 aliphatic heterocycles. The molecule has 2 aromatic rings. The summed E-state index contributed by atoms with van der Waals surface area (Å²) < 4.78 is 0. The fourth-order valence-electron chi connectivity index (χ4n) is 1.51. The molecule has 1 atom stereocenters.